The molecule has 0 amide bonds. The topological polar surface area (TPSA) is 96.5 Å². The van der Waals surface area contributed by atoms with Crippen molar-refractivity contribution in [2.24, 2.45) is 17.2 Å². The van der Waals surface area contributed by atoms with Crippen LogP contribution in [0.3, 0.4) is 0 Å². The molecule has 0 aromatic carbocycles. The third-order valence-corrected chi connectivity index (χ3v) is 5.62. The van der Waals surface area contributed by atoms with Gasteiger partial charge in [-0.3, -0.25) is 0 Å². The van der Waals surface area contributed by atoms with E-state index in [0.29, 0.717) is 19.6 Å². The SMILES string of the molecule is CO[Si](C)(CCCN)OC(CCN)CCN. The Morgan fingerprint density at radius 3 is 2.00 bits per heavy atom. The van der Waals surface area contributed by atoms with Gasteiger partial charge < -0.3 is 26.1 Å². The Hall–Kier alpha value is 0.0169. The van der Waals surface area contributed by atoms with Crippen molar-refractivity contribution >= 4 is 8.56 Å². The standard InChI is InChI=1S/C10H27N3O2Si/c1-14-16(2,9-3-6-11)15-10(4-7-12)5-8-13/h10H,3-9,11-13H2,1-2H3. The lowest BCUT2D eigenvalue weighted by Gasteiger charge is -2.30. The molecule has 5 nitrogen and oxygen atoms in total. The van der Waals surface area contributed by atoms with E-state index in [4.69, 9.17) is 26.1 Å². The van der Waals surface area contributed by atoms with Gasteiger partial charge in [-0.1, -0.05) is 0 Å². The van der Waals surface area contributed by atoms with Gasteiger partial charge in [0.25, 0.3) is 0 Å². The molecule has 0 aliphatic rings. The third-order valence-electron chi connectivity index (χ3n) is 2.66. The second-order valence-corrected chi connectivity index (χ2v) is 7.54. The number of rotatable bonds is 10. The molecule has 0 aromatic heterocycles. The van der Waals surface area contributed by atoms with Crippen molar-refractivity contribution < 1.29 is 8.85 Å². The van der Waals surface area contributed by atoms with Gasteiger partial charge >= 0.3 is 8.56 Å². The molecule has 98 valence electrons. The summed E-state index contributed by atoms with van der Waals surface area (Å²) in [4.78, 5) is 0. The minimum Gasteiger partial charge on any atom is -0.398 e. The summed E-state index contributed by atoms with van der Waals surface area (Å²) >= 11 is 0. The summed E-state index contributed by atoms with van der Waals surface area (Å²) < 4.78 is 11.6. The average molecular weight is 249 g/mol. The number of hydrogen-bond acceptors (Lipinski definition) is 5. The molecule has 0 bridgehead atoms. The van der Waals surface area contributed by atoms with Crippen molar-refractivity contribution in [3.63, 3.8) is 0 Å². The first-order valence-corrected chi connectivity index (χ1v) is 8.47. The summed E-state index contributed by atoms with van der Waals surface area (Å²) in [6.07, 6.45) is 2.75. The third kappa shape index (κ3) is 6.57. The maximum absolute atomic E-state index is 6.07. The highest BCUT2D eigenvalue weighted by Gasteiger charge is 2.32. The second-order valence-electron chi connectivity index (χ2n) is 4.12. The van der Waals surface area contributed by atoms with E-state index in [1.165, 1.54) is 0 Å². The van der Waals surface area contributed by atoms with Crippen LogP contribution in [0.15, 0.2) is 0 Å². The molecular weight excluding hydrogens is 222 g/mol. The summed E-state index contributed by atoms with van der Waals surface area (Å²) in [6, 6.07) is 0.922. The molecule has 0 saturated heterocycles. The Balaban J connectivity index is 4.21. The van der Waals surface area contributed by atoms with E-state index in [-0.39, 0.29) is 6.10 Å². The van der Waals surface area contributed by atoms with Crippen LogP contribution in [0.2, 0.25) is 12.6 Å². The molecule has 0 aliphatic carbocycles. The van der Waals surface area contributed by atoms with Crippen molar-refractivity contribution in [3.8, 4) is 0 Å². The molecule has 0 heterocycles. The molecule has 0 rings (SSSR count). The summed E-state index contributed by atoms with van der Waals surface area (Å²) in [6.45, 7) is 3.99. The lowest BCUT2D eigenvalue weighted by Crippen LogP contribution is -2.42. The molecule has 0 aromatic rings. The second kappa shape index (κ2) is 9.09. The Labute approximate surface area is 99.9 Å². The van der Waals surface area contributed by atoms with Gasteiger partial charge in [0.1, 0.15) is 0 Å². The fourth-order valence-electron chi connectivity index (χ4n) is 1.62. The predicted octanol–water partition coefficient (Wildman–Crippen LogP) is 0.136. The summed E-state index contributed by atoms with van der Waals surface area (Å²) in [5.41, 5.74) is 16.6. The Morgan fingerprint density at radius 2 is 1.62 bits per heavy atom. The van der Waals surface area contributed by atoms with Crippen LogP contribution in [0, 0.1) is 0 Å². The highest BCUT2D eigenvalue weighted by Crippen LogP contribution is 2.19. The molecule has 0 fully saturated rings. The van der Waals surface area contributed by atoms with E-state index in [1.54, 1.807) is 7.11 Å². The van der Waals surface area contributed by atoms with Crippen LogP contribution in [0.4, 0.5) is 0 Å². The maximum atomic E-state index is 6.07. The van der Waals surface area contributed by atoms with E-state index < -0.39 is 8.56 Å². The molecule has 0 radical (unpaired) electrons. The quantitative estimate of drug-likeness (QED) is 0.478. The monoisotopic (exact) mass is 249 g/mol. The van der Waals surface area contributed by atoms with Crippen LogP contribution in [0.5, 0.6) is 0 Å². The molecule has 0 saturated carbocycles. The highest BCUT2D eigenvalue weighted by molar-refractivity contribution is 6.66. The fourth-order valence-corrected chi connectivity index (χ4v) is 3.82. The van der Waals surface area contributed by atoms with Crippen LogP contribution < -0.4 is 17.2 Å². The normalized spacial score (nSPS) is 15.4. The molecule has 1 atom stereocenters. The van der Waals surface area contributed by atoms with Gasteiger partial charge in [0.05, 0.1) is 0 Å². The van der Waals surface area contributed by atoms with Crippen molar-refractivity contribution in [3.05, 3.63) is 0 Å². The van der Waals surface area contributed by atoms with Crippen molar-refractivity contribution in [1.82, 2.24) is 0 Å². The first-order chi connectivity index (χ1) is 7.61. The van der Waals surface area contributed by atoms with Crippen LogP contribution in [0.1, 0.15) is 19.3 Å². The van der Waals surface area contributed by atoms with Crippen LogP contribution >= 0.6 is 0 Å². The zero-order chi connectivity index (χ0) is 12.4. The molecule has 16 heavy (non-hydrogen) atoms. The molecule has 6 heteroatoms. The molecule has 6 N–H and O–H groups in total. The van der Waals surface area contributed by atoms with Crippen LogP contribution in [-0.2, 0) is 8.85 Å². The van der Waals surface area contributed by atoms with E-state index in [9.17, 15) is 0 Å². The molecular formula is C10H27N3O2Si. The number of nitrogens with two attached hydrogens (primary N) is 3. The smallest absolute Gasteiger partial charge is 0.334 e. The summed E-state index contributed by atoms with van der Waals surface area (Å²) in [5.74, 6) is 0. The van der Waals surface area contributed by atoms with E-state index in [1.807, 2.05) is 0 Å². The largest absolute Gasteiger partial charge is 0.398 e. The Kier molecular flexibility index (Phi) is 9.10. The first-order valence-electron chi connectivity index (χ1n) is 5.95. The van der Waals surface area contributed by atoms with Gasteiger partial charge in [-0.15, -0.1) is 0 Å². The van der Waals surface area contributed by atoms with Crippen LogP contribution in [-0.4, -0.2) is 41.4 Å². The van der Waals surface area contributed by atoms with E-state index in [0.717, 1.165) is 25.3 Å². The van der Waals surface area contributed by atoms with Crippen molar-refractivity contribution in [1.29, 1.82) is 0 Å². The Bertz CT molecular complexity index is 168. The minimum atomic E-state index is -2.07. The minimum absolute atomic E-state index is 0.129. The first kappa shape index (κ1) is 16.0. The summed E-state index contributed by atoms with van der Waals surface area (Å²) in [5, 5.41) is 0. The number of hydrogen-bond donors (Lipinski definition) is 3. The van der Waals surface area contributed by atoms with Crippen LogP contribution in [0.25, 0.3) is 0 Å². The highest BCUT2D eigenvalue weighted by atomic mass is 28.4. The summed E-state index contributed by atoms with van der Waals surface area (Å²) in [7, 11) is -0.360. The van der Waals surface area contributed by atoms with Crippen molar-refractivity contribution in [2.45, 2.75) is 38.0 Å². The maximum Gasteiger partial charge on any atom is 0.334 e. The van der Waals surface area contributed by atoms with E-state index >= 15 is 0 Å². The van der Waals surface area contributed by atoms with Gasteiger partial charge in [0.15, 0.2) is 0 Å². The lowest BCUT2D eigenvalue weighted by molar-refractivity contribution is 0.121. The molecule has 0 spiro atoms. The lowest BCUT2D eigenvalue weighted by atomic mass is 10.2. The van der Waals surface area contributed by atoms with Gasteiger partial charge in [-0.05, 0) is 51.5 Å². The molecule has 0 aliphatic heterocycles. The van der Waals surface area contributed by atoms with Gasteiger partial charge in [-0.2, -0.15) is 0 Å². The van der Waals surface area contributed by atoms with Gasteiger partial charge in [-0.25, -0.2) is 0 Å². The van der Waals surface area contributed by atoms with E-state index in [2.05, 4.69) is 6.55 Å². The predicted molar refractivity (Wildman–Crippen MR) is 69.3 cm³/mol. The Morgan fingerprint density at radius 1 is 1.06 bits per heavy atom. The van der Waals surface area contributed by atoms with Gasteiger partial charge in [0, 0.05) is 13.2 Å². The van der Waals surface area contributed by atoms with Gasteiger partial charge in [0.2, 0.25) is 0 Å². The molecule has 1 unspecified atom stereocenters. The zero-order valence-electron chi connectivity index (χ0n) is 10.6. The average Bonchev–Trinajstić information content (AvgIpc) is 2.27. The van der Waals surface area contributed by atoms with Crippen molar-refractivity contribution in [2.75, 3.05) is 26.7 Å². The fraction of sp³-hybridized carbons (Fsp3) is 1.00. The zero-order valence-corrected chi connectivity index (χ0v) is 11.6.